The van der Waals surface area contributed by atoms with Crippen molar-refractivity contribution in [2.45, 2.75) is 45.6 Å². The third-order valence-corrected chi connectivity index (χ3v) is 7.09. The molecule has 1 saturated heterocycles. The molecule has 2 aliphatic rings. The number of fused-ring (bicyclic) bond motifs is 3. The molecule has 0 aliphatic carbocycles. The van der Waals surface area contributed by atoms with Crippen LogP contribution < -0.4 is 15.1 Å². The summed E-state index contributed by atoms with van der Waals surface area (Å²) in [7, 11) is 0. The molecule has 0 atom stereocenters. The molecule has 0 unspecified atom stereocenters. The first kappa shape index (κ1) is 24.3. The molecule has 0 N–H and O–H groups in total. The Bertz CT molecular complexity index is 1310. The number of carbonyl (C=O) groups is 1. The Kier molecular flexibility index (Phi) is 6.71. The molecule has 0 radical (unpaired) electrons. The Balaban J connectivity index is 1.25. The van der Waals surface area contributed by atoms with Crippen molar-refractivity contribution in [2.24, 2.45) is 0 Å². The van der Waals surface area contributed by atoms with Gasteiger partial charge in [-0.15, -0.1) is 0 Å². The van der Waals surface area contributed by atoms with Gasteiger partial charge in [-0.2, -0.15) is 0 Å². The molecule has 8 nitrogen and oxygen atoms in total. The van der Waals surface area contributed by atoms with Gasteiger partial charge in [0.25, 0.3) is 5.91 Å². The van der Waals surface area contributed by atoms with Crippen molar-refractivity contribution < 1.29 is 18.7 Å². The smallest absolute Gasteiger partial charge is 0.336 e. The number of carbonyl (C=O) groups excluding carboxylic acids is 1. The van der Waals surface area contributed by atoms with E-state index in [0.717, 1.165) is 61.1 Å². The predicted molar refractivity (Wildman–Crippen MR) is 137 cm³/mol. The lowest BCUT2D eigenvalue weighted by Crippen LogP contribution is -2.50. The first-order chi connectivity index (χ1) is 17.3. The van der Waals surface area contributed by atoms with Crippen LogP contribution in [0.4, 0.5) is 0 Å². The van der Waals surface area contributed by atoms with Crippen molar-refractivity contribution in [3.05, 3.63) is 63.8 Å². The second kappa shape index (κ2) is 9.93. The van der Waals surface area contributed by atoms with Crippen LogP contribution in [0, 0.1) is 6.92 Å². The highest BCUT2D eigenvalue weighted by atomic mass is 16.5. The van der Waals surface area contributed by atoms with Gasteiger partial charge in [0.15, 0.2) is 6.61 Å². The third-order valence-electron chi connectivity index (χ3n) is 7.09. The highest BCUT2D eigenvalue weighted by molar-refractivity contribution is 5.91. The van der Waals surface area contributed by atoms with Crippen LogP contribution in [-0.2, 0) is 17.6 Å². The van der Waals surface area contributed by atoms with Gasteiger partial charge in [-0.3, -0.25) is 14.7 Å². The number of rotatable bonds is 6. The van der Waals surface area contributed by atoms with E-state index < -0.39 is 5.63 Å². The number of aryl methyl sites for hydroxylation is 2. The Morgan fingerprint density at radius 2 is 1.97 bits per heavy atom. The minimum atomic E-state index is -0.402. The largest absolute Gasteiger partial charge is 0.487 e. The van der Waals surface area contributed by atoms with Gasteiger partial charge in [-0.05, 0) is 51.3 Å². The van der Waals surface area contributed by atoms with Gasteiger partial charge >= 0.3 is 5.63 Å². The van der Waals surface area contributed by atoms with Gasteiger partial charge < -0.3 is 18.8 Å². The van der Waals surface area contributed by atoms with Crippen molar-refractivity contribution in [1.29, 1.82) is 0 Å². The number of pyridine rings is 1. The predicted octanol–water partition coefficient (Wildman–Crippen LogP) is 3.37. The number of ether oxygens (including phenoxy) is 2. The normalized spacial score (nSPS) is 17.5. The number of hydrogen-bond donors (Lipinski definition) is 0. The van der Waals surface area contributed by atoms with E-state index in [1.165, 1.54) is 6.07 Å². The summed E-state index contributed by atoms with van der Waals surface area (Å²) >= 11 is 0. The monoisotopic (exact) mass is 491 g/mol. The standard InChI is InChI=1S/C28H33N3O5/c1-19-16-25(33)35-27-21-7-9-28(2,3)36-22(21)17-23(26(19)27)34-18-24(32)31-14-12-30(13-15-31)11-8-20-6-4-5-10-29-20/h4-6,10,16-17H,7-9,11-15,18H2,1-3H3. The van der Waals surface area contributed by atoms with E-state index in [0.29, 0.717) is 30.2 Å². The average molecular weight is 492 g/mol. The molecule has 2 aromatic heterocycles. The van der Waals surface area contributed by atoms with Gasteiger partial charge in [0, 0.05) is 68.7 Å². The van der Waals surface area contributed by atoms with E-state index in [4.69, 9.17) is 13.9 Å². The van der Waals surface area contributed by atoms with E-state index in [-0.39, 0.29) is 18.1 Å². The van der Waals surface area contributed by atoms with E-state index in [1.807, 2.05) is 56.1 Å². The van der Waals surface area contributed by atoms with Gasteiger partial charge in [-0.25, -0.2) is 4.79 Å². The van der Waals surface area contributed by atoms with Crippen LogP contribution in [0.5, 0.6) is 11.5 Å². The molecule has 1 fully saturated rings. The van der Waals surface area contributed by atoms with Crippen molar-refractivity contribution in [2.75, 3.05) is 39.3 Å². The molecule has 0 saturated carbocycles. The molecule has 4 heterocycles. The van der Waals surface area contributed by atoms with Crippen molar-refractivity contribution in [3.8, 4) is 11.5 Å². The molecule has 8 heteroatoms. The number of aromatic nitrogens is 1. The summed E-state index contributed by atoms with van der Waals surface area (Å²) in [4.78, 5) is 33.7. The molecular weight excluding hydrogens is 458 g/mol. The van der Waals surface area contributed by atoms with Crippen molar-refractivity contribution in [1.82, 2.24) is 14.8 Å². The van der Waals surface area contributed by atoms with E-state index in [9.17, 15) is 9.59 Å². The molecule has 0 bridgehead atoms. The number of piperazine rings is 1. The summed E-state index contributed by atoms with van der Waals surface area (Å²) in [5.74, 6) is 1.10. The van der Waals surface area contributed by atoms with Crippen molar-refractivity contribution in [3.63, 3.8) is 0 Å². The topological polar surface area (TPSA) is 85.1 Å². The van der Waals surface area contributed by atoms with Gasteiger partial charge in [0.1, 0.15) is 22.7 Å². The lowest BCUT2D eigenvalue weighted by molar-refractivity contribution is -0.135. The van der Waals surface area contributed by atoms with Crippen LogP contribution in [0.3, 0.4) is 0 Å². The lowest BCUT2D eigenvalue weighted by Gasteiger charge is -2.35. The van der Waals surface area contributed by atoms with Crippen LogP contribution >= 0.6 is 0 Å². The Labute approximate surface area is 210 Å². The van der Waals surface area contributed by atoms with Crippen molar-refractivity contribution >= 4 is 16.9 Å². The quantitative estimate of drug-likeness (QED) is 0.489. The number of benzene rings is 1. The van der Waals surface area contributed by atoms with E-state index in [1.54, 1.807) is 0 Å². The fraction of sp³-hybridized carbons (Fsp3) is 0.464. The molecule has 3 aromatic rings. The second-order valence-corrected chi connectivity index (χ2v) is 10.2. The molecule has 5 rings (SSSR count). The zero-order chi connectivity index (χ0) is 25.3. The number of amides is 1. The Morgan fingerprint density at radius 1 is 1.17 bits per heavy atom. The van der Waals surface area contributed by atoms with Gasteiger partial charge in [0.05, 0.1) is 5.39 Å². The molecule has 1 aromatic carbocycles. The summed E-state index contributed by atoms with van der Waals surface area (Å²) in [5.41, 5.74) is 2.50. The van der Waals surface area contributed by atoms with E-state index >= 15 is 0 Å². The van der Waals surface area contributed by atoms with Crippen LogP contribution in [0.15, 0.2) is 45.7 Å². The zero-order valence-corrected chi connectivity index (χ0v) is 21.2. The summed E-state index contributed by atoms with van der Waals surface area (Å²) in [6.07, 6.45) is 4.28. The molecule has 0 spiro atoms. The number of nitrogens with zero attached hydrogens (tertiary/aromatic N) is 3. The Morgan fingerprint density at radius 3 is 2.72 bits per heavy atom. The maximum absolute atomic E-state index is 13.0. The molecule has 1 amide bonds. The fourth-order valence-corrected chi connectivity index (χ4v) is 5.00. The first-order valence-electron chi connectivity index (χ1n) is 12.6. The molecular formula is C28H33N3O5. The molecule has 36 heavy (non-hydrogen) atoms. The highest BCUT2D eigenvalue weighted by Gasteiger charge is 2.31. The minimum absolute atomic E-state index is 0.0541. The third kappa shape index (κ3) is 5.23. The zero-order valence-electron chi connectivity index (χ0n) is 21.2. The van der Waals surface area contributed by atoms with Crippen LogP contribution in [0.1, 0.15) is 37.1 Å². The van der Waals surface area contributed by atoms with Crippen LogP contribution in [-0.4, -0.2) is 65.6 Å². The van der Waals surface area contributed by atoms with Gasteiger partial charge in [0.2, 0.25) is 0 Å². The maximum atomic E-state index is 13.0. The lowest BCUT2D eigenvalue weighted by atomic mass is 9.92. The Hall–Kier alpha value is -3.39. The second-order valence-electron chi connectivity index (χ2n) is 10.2. The summed E-state index contributed by atoms with van der Waals surface area (Å²) < 4.78 is 17.9. The highest BCUT2D eigenvalue weighted by Crippen LogP contribution is 2.42. The molecule has 2 aliphatic heterocycles. The summed E-state index contributed by atoms with van der Waals surface area (Å²) in [5, 5.41) is 0.726. The first-order valence-corrected chi connectivity index (χ1v) is 12.6. The van der Waals surface area contributed by atoms with Crippen LogP contribution in [0.2, 0.25) is 0 Å². The number of hydrogen-bond acceptors (Lipinski definition) is 7. The SMILES string of the molecule is Cc1cc(=O)oc2c3c(cc(OCC(=O)N4CCN(CCc5ccccn5)CC4)c12)OC(C)(C)CC3. The summed E-state index contributed by atoms with van der Waals surface area (Å²) in [6.45, 7) is 9.76. The maximum Gasteiger partial charge on any atom is 0.336 e. The van der Waals surface area contributed by atoms with E-state index in [2.05, 4.69) is 9.88 Å². The fourth-order valence-electron chi connectivity index (χ4n) is 5.00. The van der Waals surface area contributed by atoms with Gasteiger partial charge in [-0.1, -0.05) is 6.07 Å². The minimum Gasteiger partial charge on any atom is -0.487 e. The van der Waals surface area contributed by atoms with Crippen LogP contribution in [0.25, 0.3) is 11.0 Å². The average Bonchev–Trinajstić information content (AvgIpc) is 2.85. The summed E-state index contributed by atoms with van der Waals surface area (Å²) in [6, 6.07) is 9.27. The molecule has 190 valence electrons.